The number of rotatable bonds is 4. The zero-order chi connectivity index (χ0) is 17.1. The topological polar surface area (TPSA) is 49.8 Å². The molecule has 0 radical (unpaired) electrons. The van der Waals surface area contributed by atoms with Crippen LogP contribution in [-0.4, -0.2) is 35.6 Å². The molecular formula is C18H17F2NO3. The van der Waals surface area contributed by atoms with Crippen molar-refractivity contribution >= 4 is 5.91 Å². The van der Waals surface area contributed by atoms with Crippen LogP contribution < -0.4 is 4.74 Å². The molecule has 3 rings (SSSR count). The largest absolute Gasteiger partial charge is 0.454 e. The molecule has 6 heteroatoms. The van der Waals surface area contributed by atoms with E-state index in [4.69, 9.17) is 9.84 Å². The highest BCUT2D eigenvalue weighted by Gasteiger charge is 2.26. The summed E-state index contributed by atoms with van der Waals surface area (Å²) in [4.78, 5) is 14.1. The second-order valence-electron chi connectivity index (χ2n) is 5.79. The van der Waals surface area contributed by atoms with Crippen molar-refractivity contribution in [2.75, 3.05) is 19.7 Å². The van der Waals surface area contributed by atoms with E-state index in [-0.39, 0.29) is 24.2 Å². The summed E-state index contributed by atoms with van der Waals surface area (Å²) in [5.41, 5.74) is 0.500. The highest BCUT2D eigenvalue weighted by atomic mass is 19.1. The molecule has 0 aliphatic carbocycles. The van der Waals surface area contributed by atoms with Crippen molar-refractivity contribution in [3.63, 3.8) is 0 Å². The van der Waals surface area contributed by atoms with Gasteiger partial charge in [0, 0.05) is 37.2 Å². The minimum Gasteiger partial charge on any atom is -0.454 e. The predicted octanol–water partition coefficient (Wildman–Crippen LogP) is 3.21. The zero-order valence-corrected chi connectivity index (χ0v) is 12.9. The fraction of sp³-hybridized carbons (Fsp3) is 0.278. The number of nitrogens with zero attached hydrogens (tertiary/aromatic N) is 1. The minimum atomic E-state index is -0.790. The smallest absolute Gasteiger partial charge is 0.253 e. The van der Waals surface area contributed by atoms with E-state index >= 15 is 0 Å². The number of carbonyl (C=O) groups excluding carboxylic acids is 1. The molecule has 2 aromatic rings. The molecular weight excluding hydrogens is 316 g/mol. The number of halogens is 2. The Kier molecular flexibility index (Phi) is 4.76. The van der Waals surface area contributed by atoms with E-state index in [0.29, 0.717) is 24.4 Å². The van der Waals surface area contributed by atoms with Gasteiger partial charge >= 0.3 is 0 Å². The van der Waals surface area contributed by atoms with Crippen molar-refractivity contribution in [3.8, 4) is 11.5 Å². The van der Waals surface area contributed by atoms with E-state index in [1.807, 2.05) is 0 Å². The predicted molar refractivity (Wildman–Crippen MR) is 84.0 cm³/mol. The Morgan fingerprint density at radius 2 is 1.96 bits per heavy atom. The first-order valence-electron chi connectivity index (χ1n) is 7.70. The van der Waals surface area contributed by atoms with Crippen LogP contribution in [0, 0.1) is 17.6 Å². The van der Waals surface area contributed by atoms with Crippen LogP contribution in [0.5, 0.6) is 11.5 Å². The lowest BCUT2D eigenvalue weighted by molar-refractivity contribution is 0.0782. The van der Waals surface area contributed by atoms with Crippen molar-refractivity contribution < 1.29 is 23.4 Å². The zero-order valence-electron chi connectivity index (χ0n) is 12.9. The number of carbonyl (C=O) groups is 1. The fourth-order valence-corrected chi connectivity index (χ4v) is 2.70. The Labute approximate surface area is 138 Å². The molecule has 0 aromatic heterocycles. The van der Waals surface area contributed by atoms with Gasteiger partial charge in [-0.25, -0.2) is 8.78 Å². The molecule has 1 N–H and O–H groups in total. The normalized spacial score (nSPS) is 17.1. The first kappa shape index (κ1) is 16.4. The number of aliphatic hydroxyl groups is 1. The van der Waals surface area contributed by atoms with Gasteiger partial charge in [-0.2, -0.15) is 0 Å². The number of hydrogen-bond donors (Lipinski definition) is 1. The van der Waals surface area contributed by atoms with Crippen molar-refractivity contribution in [1.82, 2.24) is 4.90 Å². The van der Waals surface area contributed by atoms with E-state index in [9.17, 15) is 13.6 Å². The monoisotopic (exact) mass is 333 g/mol. The molecule has 1 aliphatic heterocycles. The van der Waals surface area contributed by atoms with Crippen LogP contribution in [0.2, 0.25) is 0 Å². The van der Waals surface area contributed by atoms with Gasteiger partial charge in [0.15, 0.2) is 11.6 Å². The molecule has 126 valence electrons. The van der Waals surface area contributed by atoms with E-state index in [0.717, 1.165) is 18.6 Å². The van der Waals surface area contributed by atoms with Crippen LogP contribution in [0.25, 0.3) is 0 Å². The summed E-state index contributed by atoms with van der Waals surface area (Å²) in [5, 5.41) is 9.14. The van der Waals surface area contributed by atoms with E-state index in [1.165, 1.54) is 6.07 Å². The van der Waals surface area contributed by atoms with Gasteiger partial charge in [0.1, 0.15) is 11.6 Å². The molecule has 1 unspecified atom stereocenters. The average Bonchev–Trinajstić information content (AvgIpc) is 3.06. The first-order valence-corrected chi connectivity index (χ1v) is 7.70. The molecule has 1 saturated heterocycles. The minimum absolute atomic E-state index is 0.0826. The van der Waals surface area contributed by atoms with Crippen molar-refractivity contribution in [2.24, 2.45) is 5.92 Å². The molecule has 0 bridgehead atoms. The van der Waals surface area contributed by atoms with Gasteiger partial charge in [0.25, 0.3) is 5.91 Å². The molecule has 4 nitrogen and oxygen atoms in total. The second-order valence-corrected chi connectivity index (χ2v) is 5.79. The van der Waals surface area contributed by atoms with Gasteiger partial charge in [0.05, 0.1) is 0 Å². The highest BCUT2D eigenvalue weighted by Crippen LogP contribution is 2.26. The Hall–Kier alpha value is -2.47. The van der Waals surface area contributed by atoms with E-state index in [1.54, 1.807) is 29.2 Å². The maximum absolute atomic E-state index is 13.6. The van der Waals surface area contributed by atoms with Crippen molar-refractivity contribution in [3.05, 3.63) is 59.7 Å². The summed E-state index contributed by atoms with van der Waals surface area (Å²) in [6.07, 6.45) is 0.799. The summed E-state index contributed by atoms with van der Waals surface area (Å²) >= 11 is 0. The summed E-state index contributed by atoms with van der Waals surface area (Å²) in [5.74, 6) is -1.16. The maximum atomic E-state index is 13.6. The highest BCUT2D eigenvalue weighted by molar-refractivity contribution is 5.94. The van der Waals surface area contributed by atoms with Gasteiger partial charge in [-0.3, -0.25) is 4.79 Å². The van der Waals surface area contributed by atoms with Crippen LogP contribution in [-0.2, 0) is 0 Å². The molecule has 0 saturated carbocycles. The number of benzene rings is 2. The Morgan fingerprint density at radius 1 is 1.21 bits per heavy atom. The summed E-state index contributed by atoms with van der Waals surface area (Å²) < 4.78 is 31.8. The summed E-state index contributed by atoms with van der Waals surface area (Å²) in [7, 11) is 0. The summed E-state index contributed by atoms with van der Waals surface area (Å²) in [6, 6.07) is 9.41. The lowest BCUT2D eigenvalue weighted by atomic mass is 10.1. The van der Waals surface area contributed by atoms with E-state index < -0.39 is 11.6 Å². The standard InChI is InChI=1S/C18H17F2NO3/c19-14-3-6-17(16(20)9-14)24-15-4-1-13(2-5-15)18(23)21-8-7-12(10-21)11-22/h1-6,9,12,22H,7-8,10-11H2. The van der Waals surface area contributed by atoms with Gasteiger partial charge in [-0.05, 0) is 42.8 Å². The van der Waals surface area contributed by atoms with Gasteiger partial charge in [-0.15, -0.1) is 0 Å². The van der Waals surface area contributed by atoms with Crippen molar-refractivity contribution in [1.29, 1.82) is 0 Å². The molecule has 1 aliphatic rings. The third kappa shape index (κ3) is 3.54. The van der Waals surface area contributed by atoms with Gasteiger partial charge < -0.3 is 14.7 Å². The maximum Gasteiger partial charge on any atom is 0.253 e. The molecule has 24 heavy (non-hydrogen) atoms. The average molecular weight is 333 g/mol. The Balaban J connectivity index is 1.68. The van der Waals surface area contributed by atoms with E-state index in [2.05, 4.69) is 0 Å². The van der Waals surface area contributed by atoms with Crippen molar-refractivity contribution in [2.45, 2.75) is 6.42 Å². The van der Waals surface area contributed by atoms with Crippen LogP contribution in [0.3, 0.4) is 0 Å². The third-order valence-electron chi connectivity index (χ3n) is 4.05. The SMILES string of the molecule is O=C(c1ccc(Oc2ccc(F)cc2F)cc1)N1CCC(CO)C1. The van der Waals surface area contributed by atoms with Gasteiger partial charge in [0.2, 0.25) is 0 Å². The third-order valence-corrected chi connectivity index (χ3v) is 4.05. The Bertz CT molecular complexity index is 734. The lowest BCUT2D eigenvalue weighted by Crippen LogP contribution is -2.29. The number of amides is 1. The second kappa shape index (κ2) is 6.97. The number of hydrogen-bond acceptors (Lipinski definition) is 3. The fourth-order valence-electron chi connectivity index (χ4n) is 2.70. The number of ether oxygens (including phenoxy) is 1. The van der Waals surface area contributed by atoms with Crippen LogP contribution in [0.15, 0.2) is 42.5 Å². The Morgan fingerprint density at radius 3 is 2.58 bits per heavy atom. The van der Waals surface area contributed by atoms with Gasteiger partial charge in [-0.1, -0.05) is 0 Å². The molecule has 0 spiro atoms. The quantitative estimate of drug-likeness (QED) is 0.935. The number of likely N-dealkylation sites (tertiary alicyclic amines) is 1. The summed E-state index contributed by atoms with van der Waals surface area (Å²) in [6.45, 7) is 1.26. The lowest BCUT2D eigenvalue weighted by Gasteiger charge is -2.16. The first-order chi connectivity index (χ1) is 11.6. The van der Waals surface area contributed by atoms with Crippen LogP contribution in [0.4, 0.5) is 8.78 Å². The van der Waals surface area contributed by atoms with Crippen LogP contribution >= 0.6 is 0 Å². The molecule has 1 amide bonds. The molecule has 1 heterocycles. The number of aliphatic hydroxyl groups excluding tert-OH is 1. The molecule has 1 fully saturated rings. The molecule has 2 aromatic carbocycles. The molecule has 1 atom stereocenters. The van der Waals surface area contributed by atoms with Crippen LogP contribution in [0.1, 0.15) is 16.8 Å².